The van der Waals surface area contributed by atoms with Gasteiger partial charge in [0.05, 0.1) is 6.10 Å². The zero-order chi connectivity index (χ0) is 22.0. The maximum absolute atomic E-state index is 14.5. The van der Waals surface area contributed by atoms with Crippen molar-refractivity contribution in [2.75, 3.05) is 6.61 Å². The van der Waals surface area contributed by atoms with Crippen molar-refractivity contribution in [1.82, 2.24) is 0 Å². The van der Waals surface area contributed by atoms with E-state index >= 15 is 0 Å². The molecule has 4 rings (SSSR count). The largest absolute Gasteiger partial charge is 0.480 e. The van der Waals surface area contributed by atoms with Crippen LogP contribution in [0.4, 0.5) is 8.78 Å². The molecule has 0 spiro atoms. The van der Waals surface area contributed by atoms with E-state index in [-0.39, 0.29) is 29.9 Å². The summed E-state index contributed by atoms with van der Waals surface area (Å²) >= 11 is 0. The van der Waals surface area contributed by atoms with Crippen molar-refractivity contribution in [3.63, 3.8) is 0 Å². The fourth-order valence-electron chi connectivity index (χ4n) is 3.67. The van der Waals surface area contributed by atoms with Crippen LogP contribution < -0.4 is 4.74 Å². The van der Waals surface area contributed by atoms with E-state index in [1.165, 1.54) is 6.07 Å². The number of benzene rings is 3. The molecule has 0 saturated heterocycles. The Balaban J connectivity index is 1.48. The van der Waals surface area contributed by atoms with Gasteiger partial charge < -0.3 is 14.6 Å². The van der Waals surface area contributed by atoms with Gasteiger partial charge in [0.2, 0.25) is 0 Å². The molecule has 0 unspecified atom stereocenters. The summed E-state index contributed by atoms with van der Waals surface area (Å²) in [5.74, 6) is -1.83. The predicted octanol–water partition coefficient (Wildman–Crippen LogP) is 6.08. The van der Waals surface area contributed by atoms with E-state index in [2.05, 4.69) is 0 Å². The van der Waals surface area contributed by atoms with Gasteiger partial charge in [-0.1, -0.05) is 42.0 Å². The number of aliphatic carboxylic acids is 1. The van der Waals surface area contributed by atoms with Gasteiger partial charge in [-0.05, 0) is 55.0 Å². The summed E-state index contributed by atoms with van der Waals surface area (Å²) in [7, 11) is 0. The van der Waals surface area contributed by atoms with Crippen LogP contribution in [0.15, 0.2) is 60.7 Å². The number of carboxylic acid groups (broad SMARTS) is 1. The van der Waals surface area contributed by atoms with E-state index in [1.807, 2.05) is 31.2 Å². The first-order valence-electron chi connectivity index (χ1n) is 10.1. The van der Waals surface area contributed by atoms with Crippen LogP contribution >= 0.6 is 0 Å². The van der Waals surface area contributed by atoms with Gasteiger partial charge in [0.25, 0.3) is 0 Å². The minimum Gasteiger partial charge on any atom is -0.480 e. The van der Waals surface area contributed by atoms with Crippen molar-refractivity contribution in [2.24, 2.45) is 0 Å². The third kappa shape index (κ3) is 4.91. The average Bonchev–Trinajstić information content (AvgIpc) is 2.71. The summed E-state index contributed by atoms with van der Waals surface area (Å²) in [4.78, 5) is 10.6. The van der Waals surface area contributed by atoms with E-state index in [4.69, 9.17) is 14.6 Å². The van der Waals surface area contributed by atoms with E-state index in [0.717, 1.165) is 30.0 Å². The lowest BCUT2D eigenvalue weighted by atomic mass is 9.77. The van der Waals surface area contributed by atoms with Crippen LogP contribution in [0.3, 0.4) is 0 Å². The van der Waals surface area contributed by atoms with Crippen molar-refractivity contribution < 1.29 is 28.2 Å². The number of carbonyl (C=O) groups is 1. The molecule has 160 valence electrons. The SMILES string of the molecule is Cc1ccc(Oc2cc(F)c(F)c(-c3ccc(C4CC(OCC(=O)O)C4)cc3)c2)cc1. The molecule has 3 aromatic rings. The lowest BCUT2D eigenvalue weighted by molar-refractivity contribution is -0.146. The Morgan fingerprint density at radius 2 is 1.68 bits per heavy atom. The van der Waals surface area contributed by atoms with Crippen molar-refractivity contribution in [1.29, 1.82) is 0 Å². The molecule has 1 N–H and O–H groups in total. The lowest BCUT2D eigenvalue weighted by Gasteiger charge is -2.35. The Morgan fingerprint density at radius 1 is 1.00 bits per heavy atom. The molecule has 1 fully saturated rings. The third-order valence-corrected chi connectivity index (χ3v) is 5.49. The summed E-state index contributed by atoms with van der Waals surface area (Å²) in [6.45, 7) is 1.66. The first-order chi connectivity index (χ1) is 14.9. The molecule has 1 saturated carbocycles. The molecule has 0 amide bonds. The highest BCUT2D eigenvalue weighted by Crippen LogP contribution is 2.40. The van der Waals surface area contributed by atoms with Gasteiger partial charge in [-0.25, -0.2) is 13.6 Å². The van der Waals surface area contributed by atoms with Gasteiger partial charge in [0.1, 0.15) is 18.1 Å². The molecule has 0 aliphatic heterocycles. The van der Waals surface area contributed by atoms with Crippen LogP contribution in [-0.4, -0.2) is 23.8 Å². The van der Waals surface area contributed by atoms with Crippen LogP contribution in [0, 0.1) is 18.6 Å². The monoisotopic (exact) mass is 424 g/mol. The van der Waals surface area contributed by atoms with Crippen molar-refractivity contribution in [3.8, 4) is 22.6 Å². The second-order valence-corrected chi connectivity index (χ2v) is 7.80. The molecule has 1 aliphatic rings. The minimum absolute atomic E-state index is 0.0529. The smallest absolute Gasteiger partial charge is 0.329 e. The number of ether oxygens (including phenoxy) is 2. The molecule has 1 aliphatic carbocycles. The molecule has 0 aromatic heterocycles. The van der Waals surface area contributed by atoms with Gasteiger partial charge in [0.15, 0.2) is 11.6 Å². The molecular formula is C25H22F2O4. The molecule has 0 radical (unpaired) electrons. The van der Waals surface area contributed by atoms with E-state index in [9.17, 15) is 13.6 Å². The topological polar surface area (TPSA) is 55.8 Å². The number of aryl methyl sites for hydroxylation is 1. The van der Waals surface area contributed by atoms with E-state index in [0.29, 0.717) is 11.3 Å². The number of hydrogen-bond acceptors (Lipinski definition) is 3. The van der Waals surface area contributed by atoms with Crippen LogP contribution in [-0.2, 0) is 9.53 Å². The fraction of sp³-hybridized carbons (Fsp3) is 0.240. The summed E-state index contributed by atoms with van der Waals surface area (Å²) in [5, 5.41) is 8.67. The molecule has 3 aromatic carbocycles. The van der Waals surface area contributed by atoms with Crippen molar-refractivity contribution in [3.05, 3.63) is 83.4 Å². The van der Waals surface area contributed by atoms with E-state index in [1.54, 1.807) is 24.3 Å². The molecule has 6 heteroatoms. The van der Waals surface area contributed by atoms with Gasteiger partial charge in [-0.15, -0.1) is 0 Å². The average molecular weight is 424 g/mol. The molecule has 0 atom stereocenters. The third-order valence-electron chi connectivity index (χ3n) is 5.49. The summed E-state index contributed by atoms with van der Waals surface area (Å²) in [6, 6.07) is 17.1. The van der Waals surface area contributed by atoms with Gasteiger partial charge in [-0.3, -0.25) is 0 Å². The second kappa shape index (κ2) is 8.86. The zero-order valence-electron chi connectivity index (χ0n) is 17.0. The second-order valence-electron chi connectivity index (χ2n) is 7.80. The van der Waals surface area contributed by atoms with Crippen molar-refractivity contribution >= 4 is 5.97 Å². The Labute approximate surface area is 179 Å². The molecule has 0 heterocycles. The Hall–Kier alpha value is -3.25. The summed E-state index contributed by atoms with van der Waals surface area (Å²) < 4.78 is 39.7. The maximum Gasteiger partial charge on any atom is 0.329 e. The Morgan fingerprint density at radius 3 is 2.32 bits per heavy atom. The Kier molecular flexibility index (Phi) is 6.00. The number of hydrogen-bond donors (Lipinski definition) is 1. The minimum atomic E-state index is -0.976. The van der Waals surface area contributed by atoms with Crippen LogP contribution in [0.25, 0.3) is 11.1 Å². The van der Waals surface area contributed by atoms with Gasteiger partial charge in [-0.2, -0.15) is 0 Å². The Bertz CT molecular complexity index is 1070. The highest BCUT2D eigenvalue weighted by atomic mass is 19.2. The first kappa shape index (κ1) is 21.0. The zero-order valence-corrected chi connectivity index (χ0v) is 17.0. The van der Waals surface area contributed by atoms with Crippen molar-refractivity contribution in [2.45, 2.75) is 31.8 Å². The summed E-state index contributed by atoms with van der Waals surface area (Å²) in [5.41, 5.74) is 2.81. The van der Waals surface area contributed by atoms with Crippen LogP contribution in [0.2, 0.25) is 0 Å². The summed E-state index contributed by atoms with van der Waals surface area (Å²) in [6.07, 6.45) is 1.44. The molecule has 0 bridgehead atoms. The number of halogens is 2. The van der Waals surface area contributed by atoms with E-state index < -0.39 is 17.6 Å². The highest BCUT2D eigenvalue weighted by molar-refractivity contribution is 5.68. The molecule has 31 heavy (non-hydrogen) atoms. The lowest BCUT2D eigenvalue weighted by Crippen LogP contribution is -2.31. The van der Waals surface area contributed by atoms with Gasteiger partial charge >= 0.3 is 5.97 Å². The van der Waals surface area contributed by atoms with Crippen LogP contribution in [0.1, 0.15) is 29.9 Å². The molecule has 4 nitrogen and oxygen atoms in total. The van der Waals surface area contributed by atoms with Gasteiger partial charge in [0, 0.05) is 11.6 Å². The standard InChI is InChI=1S/C25H22F2O4/c1-15-2-8-19(9-3-15)31-21-12-22(25(27)23(26)13-21)17-6-4-16(5-7-17)18-10-20(11-18)30-14-24(28)29/h2-9,12-13,18,20H,10-11,14H2,1H3,(H,28,29). The predicted molar refractivity (Wildman–Crippen MR) is 112 cm³/mol. The normalized spacial score (nSPS) is 17.8. The van der Waals surface area contributed by atoms with Crippen LogP contribution in [0.5, 0.6) is 11.5 Å². The fourth-order valence-corrected chi connectivity index (χ4v) is 3.67. The number of carboxylic acids is 1. The first-order valence-corrected chi connectivity index (χ1v) is 10.1. The maximum atomic E-state index is 14.5. The molecular weight excluding hydrogens is 402 g/mol. The highest BCUT2D eigenvalue weighted by Gasteiger charge is 2.31. The quantitative estimate of drug-likeness (QED) is 0.499. The number of rotatable bonds is 7.